The van der Waals surface area contributed by atoms with Gasteiger partial charge in [0, 0.05) is 12.7 Å². The zero-order valence-electron chi connectivity index (χ0n) is 10.1. The first kappa shape index (κ1) is 14.8. The highest BCUT2D eigenvalue weighted by atomic mass is 19.4. The first-order chi connectivity index (χ1) is 7.36. The van der Waals surface area contributed by atoms with Crippen LogP contribution in [0.5, 0.6) is 0 Å². The van der Waals surface area contributed by atoms with Gasteiger partial charge in [0.15, 0.2) is 0 Å². The van der Waals surface area contributed by atoms with Crippen LogP contribution in [0.3, 0.4) is 0 Å². The number of rotatable bonds is 1. The van der Waals surface area contributed by atoms with E-state index < -0.39 is 11.7 Å². The van der Waals surface area contributed by atoms with Gasteiger partial charge in [0.25, 0.3) is 0 Å². The number of hydrogen-bond donors (Lipinski definition) is 1. The number of benzene rings is 1. The Labute approximate surface area is 94.7 Å². The Kier molecular flexibility index (Phi) is 5.93. The first-order valence-electron chi connectivity index (χ1n) is 5.22. The van der Waals surface area contributed by atoms with Crippen LogP contribution in [0.2, 0.25) is 0 Å². The molecule has 0 aliphatic rings. The topological polar surface area (TPSA) is 12.0 Å². The summed E-state index contributed by atoms with van der Waals surface area (Å²) in [5, 5.41) is 2.67. The van der Waals surface area contributed by atoms with E-state index in [4.69, 9.17) is 0 Å². The molecule has 0 radical (unpaired) electrons. The van der Waals surface area contributed by atoms with Crippen molar-refractivity contribution in [2.24, 2.45) is 0 Å². The van der Waals surface area contributed by atoms with E-state index in [1.807, 2.05) is 0 Å². The van der Waals surface area contributed by atoms with E-state index in [1.165, 1.54) is 19.4 Å². The zero-order chi connectivity index (χ0) is 12.8. The normalized spacial score (nSPS) is 10.4. The molecule has 0 aliphatic carbocycles. The minimum Gasteiger partial charge on any atom is -0.388 e. The van der Waals surface area contributed by atoms with Gasteiger partial charge in [-0.1, -0.05) is 26.3 Å². The monoisotopic (exact) mass is 233 g/mol. The molecule has 0 bridgehead atoms. The molecule has 16 heavy (non-hydrogen) atoms. The van der Waals surface area contributed by atoms with Crippen LogP contribution in [-0.4, -0.2) is 7.05 Å². The molecule has 0 atom stereocenters. The molecule has 0 heterocycles. The van der Waals surface area contributed by atoms with Gasteiger partial charge in [0.1, 0.15) is 0 Å². The number of alkyl halides is 3. The number of halogens is 3. The van der Waals surface area contributed by atoms with Crippen LogP contribution < -0.4 is 5.32 Å². The zero-order valence-corrected chi connectivity index (χ0v) is 10.1. The lowest BCUT2D eigenvalue weighted by atomic mass is 10.1. The van der Waals surface area contributed by atoms with Gasteiger partial charge >= 0.3 is 6.18 Å². The third-order valence-corrected chi connectivity index (χ3v) is 1.83. The number of nitrogens with one attached hydrogen (secondary N) is 1. The summed E-state index contributed by atoms with van der Waals surface area (Å²) >= 11 is 0. The fraction of sp³-hybridized carbons (Fsp3) is 0.500. The van der Waals surface area contributed by atoms with Crippen LogP contribution in [-0.2, 0) is 6.18 Å². The van der Waals surface area contributed by atoms with Crippen molar-refractivity contribution < 1.29 is 13.2 Å². The third-order valence-electron chi connectivity index (χ3n) is 1.83. The van der Waals surface area contributed by atoms with Gasteiger partial charge in [0.05, 0.1) is 5.56 Å². The summed E-state index contributed by atoms with van der Waals surface area (Å²) in [4.78, 5) is 0. The van der Waals surface area contributed by atoms with Crippen LogP contribution >= 0.6 is 0 Å². The molecular formula is C12H18F3N. The molecule has 0 saturated heterocycles. The van der Waals surface area contributed by atoms with E-state index in [-0.39, 0.29) is 5.56 Å². The first-order valence-corrected chi connectivity index (χ1v) is 5.22. The van der Waals surface area contributed by atoms with Crippen LogP contribution in [0.15, 0.2) is 18.2 Å². The summed E-state index contributed by atoms with van der Waals surface area (Å²) in [6.07, 6.45) is -3.02. The van der Waals surface area contributed by atoms with Crippen LogP contribution in [0, 0.1) is 6.92 Å². The van der Waals surface area contributed by atoms with Crippen molar-refractivity contribution in [3.05, 3.63) is 29.3 Å². The van der Waals surface area contributed by atoms with E-state index in [0.29, 0.717) is 5.69 Å². The minimum absolute atomic E-state index is 0.242. The van der Waals surface area contributed by atoms with Gasteiger partial charge in [-0.05, 0) is 24.6 Å². The smallest absolute Gasteiger partial charge is 0.388 e. The van der Waals surface area contributed by atoms with Crippen molar-refractivity contribution in [2.75, 3.05) is 12.4 Å². The Morgan fingerprint density at radius 2 is 1.69 bits per heavy atom. The molecule has 92 valence electrons. The van der Waals surface area contributed by atoms with Gasteiger partial charge in [-0.25, -0.2) is 0 Å². The lowest BCUT2D eigenvalue weighted by molar-refractivity contribution is -0.138. The maximum absolute atomic E-state index is 12.3. The van der Waals surface area contributed by atoms with E-state index in [2.05, 4.69) is 19.2 Å². The molecule has 0 aromatic heterocycles. The van der Waals surface area contributed by atoms with Gasteiger partial charge in [-0.15, -0.1) is 0 Å². The highest BCUT2D eigenvalue weighted by molar-refractivity contribution is 5.48. The molecule has 0 spiro atoms. The van der Waals surface area contributed by atoms with E-state index in [9.17, 15) is 13.2 Å². The molecule has 1 aromatic carbocycles. The molecule has 4 heteroatoms. The summed E-state index contributed by atoms with van der Waals surface area (Å²) < 4.78 is 37.0. The third kappa shape index (κ3) is 4.55. The Hall–Kier alpha value is -1.19. The largest absolute Gasteiger partial charge is 0.416 e. The van der Waals surface area contributed by atoms with Gasteiger partial charge in [-0.2, -0.15) is 13.2 Å². The molecular weight excluding hydrogens is 215 g/mol. The maximum Gasteiger partial charge on any atom is 0.416 e. The second-order valence-electron chi connectivity index (χ2n) is 3.48. The lowest BCUT2D eigenvalue weighted by Gasteiger charge is -2.11. The lowest BCUT2D eigenvalue weighted by Crippen LogP contribution is -2.07. The average molecular weight is 233 g/mol. The number of hydrogen-bond acceptors (Lipinski definition) is 1. The summed E-state index contributed by atoms with van der Waals surface area (Å²) in [5.41, 5.74) is 0.128. The second-order valence-corrected chi connectivity index (χ2v) is 3.48. The number of aryl methyl sites for hydroxylation is 1. The molecule has 1 nitrogen and oxygen atoms in total. The Morgan fingerprint density at radius 3 is 2.06 bits per heavy atom. The fourth-order valence-electron chi connectivity index (χ4n) is 1.08. The Balaban J connectivity index is 0.000000673. The molecule has 0 unspecified atom stereocenters. The SMILES string of the molecule is CCC.CNc1ccc(C)c(C(F)(F)F)c1. The van der Waals surface area contributed by atoms with E-state index >= 15 is 0 Å². The van der Waals surface area contributed by atoms with E-state index in [0.717, 1.165) is 6.07 Å². The maximum atomic E-state index is 12.3. The highest BCUT2D eigenvalue weighted by Gasteiger charge is 2.32. The predicted octanol–water partition coefficient (Wildman–Crippen LogP) is 4.47. The van der Waals surface area contributed by atoms with Crippen molar-refractivity contribution in [1.29, 1.82) is 0 Å². The molecule has 1 rings (SSSR count). The fourth-order valence-corrected chi connectivity index (χ4v) is 1.08. The summed E-state index contributed by atoms with van der Waals surface area (Å²) in [6, 6.07) is 4.18. The van der Waals surface area contributed by atoms with Gasteiger partial charge in [0.2, 0.25) is 0 Å². The van der Waals surface area contributed by atoms with Crippen LogP contribution in [0.4, 0.5) is 18.9 Å². The quantitative estimate of drug-likeness (QED) is 0.754. The van der Waals surface area contributed by atoms with Crippen LogP contribution in [0.1, 0.15) is 31.4 Å². The Bertz CT molecular complexity index is 319. The van der Waals surface area contributed by atoms with Crippen molar-refractivity contribution >= 4 is 5.69 Å². The molecule has 0 amide bonds. The molecule has 1 aromatic rings. The Morgan fingerprint density at radius 1 is 1.19 bits per heavy atom. The standard InChI is InChI=1S/C9H10F3N.C3H8/c1-6-3-4-7(13-2)5-8(6)9(10,11)12;1-3-2/h3-5,13H,1-2H3;3H2,1-2H3. The molecule has 0 aliphatic heterocycles. The summed E-state index contributed by atoms with van der Waals surface area (Å²) in [5.74, 6) is 0. The van der Waals surface area contributed by atoms with Crippen molar-refractivity contribution in [1.82, 2.24) is 0 Å². The van der Waals surface area contributed by atoms with Gasteiger partial charge in [-0.3, -0.25) is 0 Å². The predicted molar refractivity (Wildman–Crippen MR) is 61.7 cm³/mol. The number of anilines is 1. The highest BCUT2D eigenvalue weighted by Crippen LogP contribution is 2.33. The average Bonchev–Trinajstić information content (AvgIpc) is 2.18. The van der Waals surface area contributed by atoms with Gasteiger partial charge < -0.3 is 5.32 Å². The summed E-state index contributed by atoms with van der Waals surface area (Å²) in [6.45, 7) is 5.70. The molecule has 0 fully saturated rings. The van der Waals surface area contributed by atoms with Crippen molar-refractivity contribution in [3.8, 4) is 0 Å². The molecule has 0 saturated carbocycles. The minimum atomic E-state index is -4.27. The van der Waals surface area contributed by atoms with Crippen molar-refractivity contribution in [2.45, 2.75) is 33.4 Å². The molecule has 1 N–H and O–H groups in total. The second kappa shape index (κ2) is 6.40. The van der Waals surface area contributed by atoms with E-state index in [1.54, 1.807) is 13.1 Å². The van der Waals surface area contributed by atoms with Crippen molar-refractivity contribution in [3.63, 3.8) is 0 Å². The summed E-state index contributed by atoms with van der Waals surface area (Å²) in [7, 11) is 1.59. The van der Waals surface area contributed by atoms with Crippen LogP contribution in [0.25, 0.3) is 0 Å².